The molecule has 3 heterocycles. The smallest absolute Gasteiger partial charge is 0.120 e. The first kappa shape index (κ1) is 17.5. The zero-order valence-corrected chi connectivity index (χ0v) is 17.3. The van der Waals surface area contributed by atoms with Crippen LogP contribution < -0.4 is 0 Å². The van der Waals surface area contributed by atoms with Gasteiger partial charge in [-0.25, -0.2) is 29.9 Å². The number of fused-ring (bicyclic) bond motifs is 8. The molecule has 7 aromatic rings. The molecule has 0 saturated carbocycles. The van der Waals surface area contributed by atoms with Gasteiger partial charge >= 0.3 is 0 Å². The molecular weight excluding hydrogens is 416 g/mol. The van der Waals surface area contributed by atoms with Crippen molar-refractivity contribution in [3.8, 4) is 0 Å². The molecule has 32 heavy (non-hydrogen) atoms. The Morgan fingerprint density at radius 2 is 0.562 bits per heavy atom. The van der Waals surface area contributed by atoms with Crippen LogP contribution in [0.15, 0.2) is 72.8 Å². The van der Waals surface area contributed by atoms with E-state index < -0.39 is 0 Å². The van der Waals surface area contributed by atoms with Crippen LogP contribution in [0.5, 0.6) is 0 Å². The van der Waals surface area contributed by atoms with Crippen molar-refractivity contribution in [2.24, 2.45) is 0 Å². The number of hydrogen-bond acceptors (Lipinski definition) is 7. The van der Waals surface area contributed by atoms with E-state index >= 15 is 0 Å². The minimum Gasteiger partial charge on any atom is -0.243 e. The molecule has 4 aromatic carbocycles. The van der Waals surface area contributed by atoms with E-state index in [9.17, 15) is 0 Å². The molecular formula is C25H12N6S. The predicted molar refractivity (Wildman–Crippen MR) is 129 cm³/mol. The number of para-hydroxylation sites is 6. The van der Waals surface area contributed by atoms with Gasteiger partial charge in [0.15, 0.2) is 0 Å². The maximum Gasteiger partial charge on any atom is 0.120 e. The number of nitrogens with zero attached hydrogens (tertiary/aromatic N) is 6. The lowest BCUT2D eigenvalue weighted by Gasteiger charge is -2.02. The van der Waals surface area contributed by atoms with Crippen LogP contribution in [-0.2, 0) is 0 Å². The Kier molecular flexibility index (Phi) is 3.48. The van der Waals surface area contributed by atoms with Gasteiger partial charge in [-0.3, -0.25) is 0 Å². The summed E-state index contributed by atoms with van der Waals surface area (Å²) in [5.74, 6) is 0. The van der Waals surface area contributed by atoms with Crippen LogP contribution >= 0.6 is 12.2 Å². The molecule has 3 aromatic heterocycles. The van der Waals surface area contributed by atoms with Crippen molar-refractivity contribution in [3.05, 3.63) is 77.3 Å². The van der Waals surface area contributed by atoms with Crippen LogP contribution in [0.3, 0.4) is 0 Å². The fraction of sp³-hybridized carbons (Fsp3) is 0. The zero-order valence-electron chi connectivity index (χ0n) is 16.5. The minimum atomic E-state index is 0.496. The van der Waals surface area contributed by atoms with Crippen molar-refractivity contribution < 1.29 is 0 Å². The molecule has 0 fully saturated rings. The average molecular weight is 428 g/mol. The van der Waals surface area contributed by atoms with Gasteiger partial charge < -0.3 is 0 Å². The molecule has 0 atom stereocenters. The van der Waals surface area contributed by atoms with Gasteiger partial charge in [0.05, 0.1) is 37.6 Å². The van der Waals surface area contributed by atoms with Crippen LogP contribution in [0.4, 0.5) is 0 Å². The minimum absolute atomic E-state index is 0.496. The van der Waals surface area contributed by atoms with Crippen LogP contribution in [-0.4, -0.2) is 29.9 Å². The van der Waals surface area contributed by atoms with Gasteiger partial charge in [-0.05, 0) is 36.4 Å². The molecule has 0 aliphatic heterocycles. The van der Waals surface area contributed by atoms with Gasteiger partial charge in [-0.1, -0.05) is 48.6 Å². The van der Waals surface area contributed by atoms with Crippen LogP contribution in [0.25, 0.3) is 66.2 Å². The Labute approximate surface area is 185 Å². The topological polar surface area (TPSA) is 77.3 Å². The third kappa shape index (κ3) is 2.42. The Balaban J connectivity index is 1.87. The Morgan fingerprint density at radius 3 is 0.844 bits per heavy atom. The van der Waals surface area contributed by atoms with Crippen molar-refractivity contribution in [2.45, 2.75) is 0 Å². The monoisotopic (exact) mass is 428 g/mol. The predicted octanol–water partition coefficient (Wildman–Crippen LogP) is 5.71. The summed E-state index contributed by atoms with van der Waals surface area (Å²) in [5, 5.41) is 0. The summed E-state index contributed by atoms with van der Waals surface area (Å²) in [7, 11) is 0. The maximum atomic E-state index is 5.92. The van der Waals surface area contributed by atoms with Gasteiger partial charge in [0.2, 0.25) is 0 Å². The highest BCUT2D eigenvalue weighted by Gasteiger charge is 2.16. The second-order valence-electron chi connectivity index (χ2n) is 7.56. The van der Waals surface area contributed by atoms with E-state index in [1.165, 1.54) is 0 Å². The highest BCUT2D eigenvalue weighted by molar-refractivity contribution is 7.72. The van der Waals surface area contributed by atoms with E-state index in [0.717, 1.165) is 33.1 Å². The van der Waals surface area contributed by atoms with Crippen LogP contribution in [0.1, 0.15) is 0 Å². The van der Waals surface area contributed by atoms with Gasteiger partial charge in [0.1, 0.15) is 33.1 Å². The summed E-state index contributed by atoms with van der Waals surface area (Å²) in [6.07, 6.45) is 0. The molecule has 0 aliphatic rings. The average Bonchev–Trinajstić information content (AvgIpc) is 2.93. The van der Waals surface area contributed by atoms with Crippen molar-refractivity contribution in [1.82, 2.24) is 29.9 Å². The lowest BCUT2D eigenvalue weighted by molar-refractivity contribution is 1.37. The Bertz CT molecular complexity index is 1830. The largest absolute Gasteiger partial charge is 0.243 e. The quantitative estimate of drug-likeness (QED) is 0.287. The third-order valence-corrected chi connectivity index (χ3v) is 5.98. The molecule has 7 heteroatoms. The van der Waals surface area contributed by atoms with E-state index in [4.69, 9.17) is 42.1 Å². The molecule has 0 spiro atoms. The lowest BCUT2D eigenvalue weighted by Crippen LogP contribution is -1.91. The van der Waals surface area contributed by atoms with E-state index in [1.54, 1.807) is 0 Å². The second-order valence-corrected chi connectivity index (χ2v) is 7.97. The van der Waals surface area contributed by atoms with E-state index in [-0.39, 0.29) is 0 Å². The van der Waals surface area contributed by atoms with E-state index in [1.807, 2.05) is 72.8 Å². The van der Waals surface area contributed by atoms with Gasteiger partial charge in [-0.2, -0.15) is 0 Å². The number of aromatic nitrogens is 6. The third-order valence-electron chi connectivity index (χ3n) is 5.59. The molecule has 0 bridgehead atoms. The van der Waals surface area contributed by atoms with Crippen molar-refractivity contribution in [3.63, 3.8) is 0 Å². The van der Waals surface area contributed by atoms with E-state index in [0.29, 0.717) is 37.6 Å². The number of hydrogen-bond donors (Lipinski definition) is 0. The Hall–Kier alpha value is -4.23. The summed E-state index contributed by atoms with van der Waals surface area (Å²) >= 11 is 5.92. The van der Waals surface area contributed by atoms with Gasteiger partial charge in [0.25, 0.3) is 0 Å². The molecule has 0 aliphatic carbocycles. The molecule has 0 unspecified atom stereocenters. The highest BCUT2D eigenvalue weighted by Crippen LogP contribution is 2.30. The first-order valence-electron chi connectivity index (χ1n) is 10.1. The second kappa shape index (κ2) is 6.38. The molecule has 6 nitrogen and oxygen atoms in total. The fourth-order valence-corrected chi connectivity index (χ4v) is 4.37. The first-order valence-corrected chi connectivity index (χ1v) is 10.5. The summed E-state index contributed by atoms with van der Waals surface area (Å²) in [5.41, 5.74) is 8.20. The Morgan fingerprint density at radius 1 is 0.344 bits per heavy atom. The zero-order chi connectivity index (χ0) is 21.2. The lowest BCUT2D eigenvalue weighted by atomic mass is 10.2. The molecule has 0 radical (unpaired) electrons. The van der Waals surface area contributed by atoms with Crippen LogP contribution in [0.2, 0.25) is 0 Å². The summed E-state index contributed by atoms with van der Waals surface area (Å²) in [4.78, 5) is 29.5. The number of benzene rings is 3. The molecule has 0 amide bonds. The van der Waals surface area contributed by atoms with Crippen LogP contribution in [0, 0.1) is 4.51 Å². The molecule has 7 rings (SSSR count). The first-order chi connectivity index (χ1) is 15.8. The van der Waals surface area contributed by atoms with Crippen molar-refractivity contribution >= 4 is 78.4 Å². The fourth-order valence-electron chi connectivity index (χ4n) is 4.09. The van der Waals surface area contributed by atoms with Crippen molar-refractivity contribution in [1.29, 1.82) is 0 Å². The summed E-state index contributed by atoms with van der Waals surface area (Å²) in [6, 6.07) is 23.2. The summed E-state index contributed by atoms with van der Waals surface area (Å²) in [6.45, 7) is 0. The molecule has 0 N–H and O–H groups in total. The van der Waals surface area contributed by atoms with E-state index in [2.05, 4.69) is 0 Å². The maximum absolute atomic E-state index is 5.92. The molecule has 0 saturated heterocycles. The standard InChI is InChI=1S/C25H12N6S/c32-25-23-21(28-15-9-3-5-11-17(15)30-23)19-20(27-14-8-2-1-7-13(14)26-19)22-24(25)31-18-12-6-4-10-16(18)29-22/h1-12H. The SMILES string of the molecule is S=c1c2nc3ccccc3nc2c2nc3ccccc3nc2c2nc3ccccc3nc12. The number of rotatable bonds is 0. The van der Waals surface area contributed by atoms with Crippen molar-refractivity contribution in [2.75, 3.05) is 0 Å². The van der Waals surface area contributed by atoms with Gasteiger partial charge in [-0.15, -0.1) is 0 Å². The summed E-state index contributed by atoms with van der Waals surface area (Å²) < 4.78 is 0.496. The highest BCUT2D eigenvalue weighted by atomic mass is 32.1. The molecule has 148 valence electrons. The normalized spacial score (nSPS) is 11.9. The van der Waals surface area contributed by atoms with Gasteiger partial charge in [0, 0.05) is 0 Å².